The minimum atomic E-state index is 0.221. The third kappa shape index (κ3) is 4.51. The van der Waals surface area contributed by atoms with Crippen molar-refractivity contribution in [3.05, 3.63) is 29.4 Å². The summed E-state index contributed by atoms with van der Waals surface area (Å²) in [6.45, 7) is 1.45. The maximum absolute atomic E-state index is 9.51. The Bertz CT molecular complexity index is 981. The van der Waals surface area contributed by atoms with Crippen molar-refractivity contribution >= 4 is 44.9 Å². The minimum Gasteiger partial charge on any atom is -0.396 e. The van der Waals surface area contributed by atoms with E-state index in [-0.39, 0.29) is 12.6 Å². The number of methoxy groups -OCH3 is 1. The zero-order valence-corrected chi connectivity index (χ0v) is 18.7. The second-order valence-corrected chi connectivity index (χ2v) is 9.03. The lowest BCUT2D eigenvalue weighted by Crippen LogP contribution is -2.25. The summed E-state index contributed by atoms with van der Waals surface area (Å²) in [6.07, 6.45) is 2.90. The number of likely N-dealkylation sites (N-methyl/N-ethyl adjacent to an activating group) is 1. The lowest BCUT2D eigenvalue weighted by atomic mass is 10.1. The number of thiazole rings is 1. The largest absolute Gasteiger partial charge is 0.396 e. The predicted molar refractivity (Wildman–Crippen MR) is 123 cm³/mol. The van der Waals surface area contributed by atoms with Gasteiger partial charge in [0.05, 0.1) is 22.4 Å². The average Bonchev–Trinajstić information content (AvgIpc) is 3.38. The first-order valence-corrected chi connectivity index (χ1v) is 11.3. The summed E-state index contributed by atoms with van der Waals surface area (Å²) in [5.41, 5.74) is 1.66. The molecule has 0 spiro atoms. The first-order chi connectivity index (χ1) is 14.6. The van der Waals surface area contributed by atoms with E-state index < -0.39 is 0 Å². The Morgan fingerprint density at radius 3 is 2.83 bits per heavy atom. The first-order valence-electron chi connectivity index (χ1n) is 10.1. The van der Waals surface area contributed by atoms with Crippen molar-refractivity contribution in [3.63, 3.8) is 0 Å². The molecule has 2 N–H and O–H groups in total. The lowest BCUT2D eigenvalue weighted by molar-refractivity contribution is 0.206. The Morgan fingerprint density at radius 1 is 1.27 bits per heavy atom. The van der Waals surface area contributed by atoms with Gasteiger partial charge in [0.25, 0.3) is 0 Å². The van der Waals surface area contributed by atoms with Crippen LogP contribution in [0.3, 0.4) is 0 Å². The fraction of sp³-hybridized carbons (Fsp3) is 0.476. The van der Waals surface area contributed by atoms with Crippen molar-refractivity contribution in [2.75, 3.05) is 44.1 Å². The number of anilines is 2. The normalized spacial score (nSPS) is 18.8. The number of aliphatic hydroxyl groups is 1. The Kier molecular flexibility index (Phi) is 6.67. The molecule has 4 rings (SSSR count). The van der Waals surface area contributed by atoms with E-state index in [1.165, 1.54) is 0 Å². The highest BCUT2D eigenvalue weighted by molar-refractivity contribution is 7.21. The zero-order chi connectivity index (χ0) is 21.1. The molecule has 2 atom stereocenters. The minimum absolute atomic E-state index is 0.221. The molecule has 0 aliphatic heterocycles. The van der Waals surface area contributed by atoms with Crippen LogP contribution in [-0.2, 0) is 4.74 Å². The fourth-order valence-corrected chi connectivity index (χ4v) is 5.08. The number of rotatable bonds is 8. The Hall–Kier alpha value is -2.00. The van der Waals surface area contributed by atoms with Crippen LogP contribution in [0.4, 0.5) is 11.8 Å². The van der Waals surface area contributed by atoms with Crippen LogP contribution in [0.1, 0.15) is 19.3 Å². The third-order valence-corrected chi connectivity index (χ3v) is 6.80. The molecule has 0 amide bonds. The number of aliphatic hydroxyl groups excluding tert-OH is 1. The van der Waals surface area contributed by atoms with Crippen LogP contribution in [0, 0.1) is 5.92 Å². The van der Waals surface area contributed by atoms with E-state index in [4.69, 9.17) is 26.3 Å². The SMILES string of the molecule is COCCN(C)c1nc(Cl)c(-c2nc3ccccc3s2)c(N[C@H]2CC[C@@H](CO)C2)n1. The highest BCUT2D eigenvalue weighted by atomic mass is 35.5. The van der Waals surface area contributed by atoms with Gasteiger partial charge in [-0.05, 0) is 37.3 Å². The quantitative estimate of drug-likeness (QED) is 0.503. The first kappa shape index (κ1) is 21.2. The number of nitrogens with one attached hydrogen (secondary N) is 1. The number of fused-ring (bicyclic) bond motifs is 1. The van der Waals surface area contributed by atoms with Crippen LogP contribution in [0.25, 0.3) is 20.8 Å². The van der Waals surface area contributed by atoms with Gasteiger partial charge in [-0.1, -0.05) is 23.7 Å². The molecule has 0 radical (unpaired) electrons. The molecule has 2 aromatic heterocycles. The molecular weight excluding hydrogens is 422 g/mol. The second kappa shape index (κ2) is 9.43. The van der Waals surface area contributed by atoms with E-state index in [0.717, 1.165) is 40.1 Å². The van der Waals surface area contributed by atoms with Gasteiger partial charge in [0.2, 0.25) is 5.95 Å². The van der Waals surface area contributed by atoms with Crippen molar-refractivity contribution in [2.24, 2.45) is 5.92 Å². The predicted octanol–water partition coefficient (Wildman–Crippen LogP) is 4.06. The smallest absolute Gasteiger partial charge is 0.228 e. The molecule has 1 aliphatic carbocycles. The molecule has 0 unspecified atom stereocenters. The number of ether oxygens (including phenoxy) is 1. The number of hydrogen-bond donors (Lipinski definition) is 2. The number of halogens is 1. The van der Waals surface area contributed by atoms with E-state index in [1.807, 2.05) is 36.2 Å². The van der Waals surface area contributed by atoms with Crippen LogP contribution >= 0.6 is 22.9 Å². The van der Waals surface area contributed by atoms with Crippen molar-refractivity contribution in [2.45, 2.75) is 25.3 Å². The topological polar surface area (TPSA) is 83.4 Å². The molecule has 1 aromatic carbocycles. The van der Waals surface area contributed by atoms with E-state index in [2.05, 4.69) is 10.3 Å². The summed E-state index contributed by atoms with van der Waals surface area (Å²) < 4.78 is 6.27. The van der Waals surface area contributed by atoms with Gasteiger partial charge in [0, 0.05) is 33.4 Å². The maximum Gasteiger partial charge on any atom is 0.228 e. The van der Waals surface area contributed by atoms with Crippen molar-refractivity contribution in [1.29, 1.82) is 0 Å². The number of benzene rings is 1. The molecule has 1 fully saturated rings. The third-order valence-electron chi connectivity index (χ3n) is 5.47. The summed E-state index contributed by atoms with van der Waals surface area (Å²) in [6, 6.07) is 8.26. The van der Waals surface area contributed by atoms with E-state index in [0.29, 0.717) is 36.0 Å². The van der Waals surface area contributed by atoms with Crippen LogP contribution in [0.5, 0.6) is 0 Å². The van der Waals surface area contributed by atoms with E-state index in [1.54, 1.807) is 18.4 Å². The summed E-state index contributed by atoms with van der Waals surface area (Å²) in [5, 5.41) is 14.3. The highest BCUT2D eigenvalue weighted by Crippen LogP contribution is 2.40. The lowest BCUT2D eigenvalue weighted by Gasteiger charge is -2.21. The van der Waals surface area contributed by atoms with Crippen LogP contribution in [0.2, 0.25) is 5.15 Å². The van der Waals surface area contributed by atoms with Gasteiger partial charge in [-0.2, -0.15) is 4.98 Å². The van der Waals surface area contributed by atoms with Crippen molar-refractivity contribution in [1.82, 2.24) is 15.0 Å². The molecule has 0 saturated heterocycles. The Balaban J connectivity index is 1.73. The molecule has 7 nitrogen and oxygen atoms in total. The monoisotopic (exact) mass is 447 g/mol. The summed E-state index contributed by atoms with van der Waals surface area (Å²) >= 11 is 8.27. The molecular formula is C21H26ClN5O2S. The summed E-state index contributed by atoms with van der Waals surface area (Å²) in [5.74, 6) is 1.56. The van der Waals surface area contributed by atoms with Gasteiger partial charge in [-0.15, -0.1) is 11.3 Å². The maximum atomic E-state index is 9.51. The number of nitrogens with zero attached hydrogens (tertiary/aromatic N) is 4. The molecule has 0 bridgehead atoms. The number of hydrogen-bond acceptors (Lipinski definition) is 8. The molecule has 160 valence electrons. The summed E-state index contributed by atoms with van der Waals surface area (Å²) in [7, 11) is 3.59. The van der Waals surface area contributed by atoms with E-state index in [9.17, 15) is 5.11 Å². The fourth-order valence-electron chi connectivity index (χ4n) is 3.76. The van der Waals surface area contributed by atoms with E-state index >= 15 is 0 Å². The highest BCUT2D eigenvalue weighted by Gasteiger charge is 2.27. The van der Waals surface area contributed by atoms with Crippen LogP contribution in [-0.4, -0.2) is 60.0 Å². The van der Waals surface area contributed by atoms with Gasteiger partial charge in [-0.25, -0.2) is 9.97 Å². The van der Waals surface area contributed by atoms with Gasteiger partial charge >= 0.3 is 0 Å². The Morgan fingerprint density at radius 2 is 2.10 bits per heavy atom. The molecule has 1 aliphatic rings. The number of para-hydroxylation sites is 1. The van der Waals surface area contributed by atoms with Gasteiger partial charge in [0.15, 0.2) is 0 Å². The number of aromatic nitrogens is 3. The molecule has 2 heterocycles. The Labute approximate surface area is 185 Å². The van der Waals surface area contributed by atoms with Crippen molar-refractivity contribution < 1.29 is 9.84 Å². The second-order valence-electron chi connectivity index (χ2n) is 7.64. The van der Waals surface area contributed by atoms with Crippen molar-refractivity contribution in [3.8, 4) is 10.6 Å². The zero-order valence-electron chi connectivity index (χ0n) is 17.1. The van der Waals surface area contributed by atoms with Gasteiger partial charge in [0.1, 0.15) is 16.0 Å². The van der Waals surface area contributed by atoms with Gasteiger partial charge < -0.3 is 20.1 Å². The molecule has 30 heavy (non-hydrogen) atoms. The molecule has 9 heteroatoms. The standard InChI is InChI=1S/C21H26ClN5O2S/c1-27(9-10-29-2)21-25-18(22)17(20-24-15-5-3-4-6-16(15)30-20)19(26-21)23-14-8-7-13(11-14)12-28/h3-6,13-14,28H,7-12H2,1-2H3,(H,23,25,26)/t13-,14+/m1/s1. The molecule has 1 saturated carbocycles. The van der Waals surface area contributed by atoms with Crippen LogP contribution in [0.15, 0.2) is 24.3 Å². The average molecular weight is 448 g/mol. The van der Waals surface area contributed by atoms with Crippen LogP contribution < -0.4 is 10.2 Å². The molecule has 3 aromatic rings. The summed E-state index contributed by atoms with van der Waals surface area (Å²) in [4.78, 5) is 16.1. The van der Waals surface area contributed by atoms with Gasteiger partial charge in [-0.3, -0.25) is 0 Å².